The van der Waals surface area contributed by atoms with Gasteiger partial charge in [0.25, 0.3) is 0 Å². The van der Waals surface area contributed by atoms with Crippen molar-refractivity contribution in [2.24, 2.45) is 0 Å². The van der Waals surface area contributed by atoms with Crippen molar-refractivity contribution >= 4 is 33.6 Å². The summed E-state index contributed by atoms with van der Waals surface area (Å²) in [6, 6.07) is 15.1. The molecule has 10 heteroatoms. The molecule has 166 valence electrons. The summed E-state index contributed by atoms with van der Waals surface area (Å²) >= 11 is 5.91. The first-order chi connectivity index (χ1) is 14.8. The minimum Gasteiger partial charge on any atom is -0.334 e. The minimum absolute atomic E-state index is 0.153. The van der Waals surface area contributed by atoms with E-state index in [1.807, 2.05) is 35.2 Å². The minimum atomic E-state index is -3.59. The second-order valence-electron chi connectivity index (χ2n) is 7.17. The van der Waals surface area contributed by atoms with E-state index in [0.717, 1.165) is 5.56 Å². The first-order valence-corrected chi connectivity index (χ1v) is 11.8. The van der Waals surface area contributed by atoms with E-state index in [1.54, 1.807) is 12.1 Å². The van der Waals surface area contributed by atoms with Crippen molar-refractivity contribution in [3.63, 3.8) is 0 Å². The SMILES string of the molecule is O=C(CCN1CCN(S(=O)(=O)c2cccc(Cl)c2)CC1)NC(=O)NCc1ccccc1. The van der Waals surface area contributed by atoms with Crippen LogP contribution < -0.4 is 10.6 Å². The molecular weight excluding hydrogens is 440 g/mol. The fourth-order valence-electron chi connectivity index (χ4n) is 3.24. The lowest BCUT2D eigenvalue weighted by Crippen LogP contribution is -2.49. The summed E-state index contributed by atoms with van der Waals surface area (Å²) in [4.78, 5) is 26.1. The molecule has 2 aromatic carbocycles. The molecule has 2 aromatic rings. The van der Waals surface area contributed by atoms with Gasteiger partial charge >= 0.3 is 6.03 Å². The number of carbonyl (C=O) groups excluding carboxylic acids is 2. The smallest absolute Gasteiger partial charge is 0.321 e. The number of nitrogens with one attached hydrogen (secondary N) is 2. The van der Waals surface area contributed by atoms with Gasteiger partial charge in [-0.05, 0) is 23.8 Å². The third-order valence-corrected chi connectivity index (χ3v) is 7.10. The predicted octanol–water partition coefficient (Wildman–Crippen LogP) is 2.06. The van der Waals surface area contributed by atoms with Gasteiger partial charge in [-0.25, -0.2) is 13.2 Å². The van der Waals surface area contributed by atoms with Gasteiger partial charge in [0.05, 0.1) is 4.90 Å². The van der Waals surface area contributed by atoms with Gasteiger partial charge in [0, 0.05) is 50.7 Å². The summed E-state index contributed by atoms with van der Waals surface area (Å²) in [5.41, 5.74) is 0.940. The maximum Gasteiger partial charge on any atom is 0.321 e. The molecule has 8 nitrogen and oxygen atoms in total. The number of imide groups is 1. The number of hydrogen-bond acceptors (Lipinski definition) is 5. The normalized spacial score (nSPS) is 15.4. The topological polar surface area (TPSA) is 98.8 Å². The molecule has 1 aliphatic heterocycles. The molecule has 1 heterocycles. The van der Waals surface area contributed by atoms with Crippen molar-refractivity contribution in [1.82, 2.24) is 19.8 Å². The molecule has 3 rings (SSSR count). The zero-order valence-corrected chi connectivity index (χ0v) is 18.5. The van der Waals surface area contributed by atoms with Crippen molar-refractivity contribution in [1.29, 1.82) is 0 Å². The first-order valence-electron chi connectivity index (χ1n) is 9.94. The summed E-state index contributed by atoms with van der Waals surface area (Å²) in [7, 11) is -3.59. The van der Waals surface area contributed by atoms with E-state index in [2.05, 4.69) is 10.6 Å². The molecule has 0 atom stereocenters. The van der Waals surface area contributed by atoms with Gasteiger partial charge in [-0.3, -0.25) is 10.1 Å². The summed E-state index contributed by atoms with van der Waals surface area (Å²) in [6.45, 7) is 2.45. The summed E-state index contributed by atoms with van der Waals surface area (Å²) < 4.78 is 26.9. The van der Waals surface area contributed by atoms with Crippen LogP contribution in [0.4, 0.5) is 4.79 Å². The van der Waals surface area contributed by atoms with Crippen LogP contribution in [0, 0.1) is 0 Å². The van der Waals surface area contributed by atoms with Crippen molar-refractivity contribution in [3.05, 3.63) is 65.2 Å². The molecule has 0 saturated carbocycles. The van der Waals surface area contributed by atoms with Gasteiger partial charge in [-0.15, -0.1) is 0 Å². The number of amides is 3. The van der Waals surface area contributed by atoms with Crippen LogP contribution >= 0.6 is 11.6 Å². The Hall–Kier alpha value is -2.46. The van der Waals surface area contributed by atoms with Crippen LogP contribution in [-0.2, 0) is 21.4 Å². The third kappa shape index (κ3) is 6.76. The number of piperazine rings is 1. The number of halogens is 1. The van der Waals surface area contributed by atoms with Crippen LogP contribution in [0.15, 0.2) is 59.5 Å². The van der Waals surface area contributed by atoms with Gasteiger partial charge < -0.3 is 10.2 Å². The van der Waals surface area contributed by atoms with Crippen molar-refractivity contribution in [3.8, 4) is 0 Å². The van der Waals surface area contributed by atoms with Crippen LogP contribution in [-0.4, -0.2) is 62.3 Å². The van der Waals surface area contributed by atoms with E-state index >= 15 is 0 Å². The molecule has 3 amide bonds. The Morgan fingerprint density at radius 2 is 1.68 bits per heavy atom. The van der Waals surface area contributed by atoms with Crippen molar-refractivity contribution in [2.75, 3.05) is 32.7 Å². The molecular formula is C21H25ClN4O4S. The predicted molar refractivity (Wildman–Crippen MR) is 118 cm³/mol. The molecule has 1 fully saturated rings. The maximum atomic E-state index is 12.7. The zero-order valence-electron chi connectivity index (χ0n) is 17.0. The van der Waals surface area contributed by atoms with E-state index < -0.39 is 16.1 Å². The lowest BCUT2D eigenvalue weighted by molar-refractivity contribution is -0.120. The molecule has 0 aliphatic carbocycles. The van der Waals surface area contributed by atoms with Gasteiger partial charge in [-0.1, -0.05) is 48.0 Å². The number of rotatable bonds is 7. The van der Waals surface area contributed by atoms with Crippen LogP contribution in [0.25, 0.3) is 0 Å². The monoisotopic (exact) mass is 464 g/mol. The summed E-state index contributed by atoms with van der Waals surface area (Å²) in [5, 5.41) is 5.33. The van der Waals surface area contributed by atoms with Gasteiger partial charge in [0.2, 0.25) is 15.9 Å². The maximum absolute atomic E-state index is 12.7. The van der Waals surface area contributed by atoms with Crippen LogP contribution in [0.5, 0.6) is 0 Å². The van der Waals surface area contributed by atoms with E-state index in [9.17, 15) is 18.0 Å². The van der Waals surface area contributed by atoms with Crippen molar-refractivity contribution in [2.45, 2.75) is 17.9 Å². The lowest BCUT2D eigenvalue weighted by atomic mass is 10.2. The third-order valence-electron chi connectivity index (χ3n) is 4.97. The Morgan fingerprint density at radius 1 is 0.968 bits per heavy atom. The number of hydrogen-bond donors (Lipinski definition) is 2. The number of carbonyl (C=O) groups is 2. The fourth-order valence-corrected chi connectivity index (χ4v) is 4.96. The summed E-state index contributed by atoms with van der Waals surface area (Å²) in [5.74, 6) is -0.375. The van der Waals surface area contributed by atoms with Crippen molar-refractivity contribution < 1.29 is 18.0 Å². The molecule has 1 saturated heterocycles. The Labute approximate surface area is 187 Å². The van der Waals surface area contributed by atoms with E-state index in [1.165, 1.54) is 16.4 Å². The van der Waals surface area contributed by atoms with Crippen LogP contribution in [0.3, 0.4) is 0 Å². The van der Waals surface area contributed by atoms with E-state index in [-0.39, 0.29) is 17.2 Å². The molecule has 0 spiro atoms. The first kappa shape index (κ1) is 23.2. The van der Waals surface area contributed by atoms with Gasteiger partial charge in [0.1, 0.15) is 0 Å². The second kappa shape index (κ2) is 10.7. The van der Waals surface area contributed by atoms with E-state index in [4.69, 9.17) is 11.6 Å². The largest absolute Gasteiger partial charge is 0.334 e. The molecule has 0 radical (unpaired) electrons. The zero-order chi connectivity index (χ0) is 22.3. The number of nitrogens with zero attached hydrogens (tertiary/aromatic N) is 2. The average molecular weight is 465 g/mol. The fraction of sp³-hybridized carbons (Fsp3) is 0.333. The van der Waals surface area contributed by atoms with E-state index in [0.29, 0.717) is 44.3 Å². The van der Waals surface area contributed by atoms with Gasteiger partial charge in [0.15, 0.2) is 0 Å². The Morgan fingerprint density at radius 3 is 2.35 bits per heavy atom. The molecule has 31 heavy (non-hydrogen) atoms. The standard InChI is InChI=1S/C21H25ClN4O4S/c22-18-7-4-8-19(15-18)31(29,30)26-13-11-25(12-14-26)10-9-20(27)24-21(28)23-16-17-5-2-1-3-6-17/h1-8,15H,9-14,16H2,(H2,23,24,27,28). The number of benzene rings is 2. The molecule has 2 N–H and O–H groups in total. The lowest BCUT2D eigenvalue weighted by Gasteiger charge is -2.33. The highest BCUT2D eigenvalue weighted by Gasteiger charge is 2.28. The number of urea groups is 1. The Kier molecular flexibility index (Phi) is 8.03. The highest BCUT2D eigenvalue weighted by Crippen LogP contribution is 2.20. The molecule has 0 unspecified atom stereocenters. The number of sulfonamides is 1. The molecule has 0 aromatic heterocycles. The molecule has 0 bridgehead atoms. The summed E-state index contributed by atoms with van der Waals surface area (Å²) in [6.07, 6.45) is 0.153. The molecule has 1 aliphatic rings. The highest BCUT2D eigenvalue weighted by molar-refractivity contribution is 7.89. The van der Waals surface area contributed by atoms with Gasteiger partial charge in [-0.2, -0.15) is 4.31 Å². The van der Waals surface area contributed by atoms with Crippen LogP contribution in [0.2, 0.25) is 5.02 Å². The highest BCUT2D eigenvalue weighted by atomic mass is 35.5. The Balaban J connectivity index is 1.39. The quantitative estimate of drug-likeness (QED) is 0.653. The Bertz CT molecular complexity index is 1010. The second-order valence-corrected chi connectivity index (χ2v) is 9.54. The van der Waals surface area contributed by atoms with Crippen LogP contribution in [0.1, 0.15) is 12.0 Å². The average Bonchev–Trinajstić information content (AvgIpc) is 2.77.